The van der Waals surface area contributed by atoms with Crippen LogP contribution in [0.4, 0.5) is 8.78 Å². The number of nitrogens with zero attached hydrogens (tertiary/aromatic N) is 4. The molecule has 7 nitrogen and oxygen atoms in total. The molecule has 0 spiro atoms. The second-order valence-electron chi connectivity index (χ2n) is 8.66. The molecular formula is C23H26F2N4O3S. The Morgan fingerprint density at radius 2 is 2.06 bits per heavy atom. The molecule has 10 heteroatoms. The number of rotatable bonds is 8. The van der Waals surface area contributed by atoms with Gasteiger partial charge in [0, 0.05) is 37.2 Å². The molecule has 0 aliphatic heterocycles. The van der Waals surface area contributed by atoms with E-state index in [1.807, 2.05) is 7.05 Å². The van der Waals surface area contributed by atoms with Crippen molar-refractivity contribution in [3.63, 3.8) is 0 Å². The van der Waals surface area contributed by atoms with Crippen molar-refractivity contribution >= 4 is 17.6 Å². The maximum absolute atomic E-state index is 14.1. The molecule has 2 aromatic heterocycles. The third-order valence-electron chi connectivity index (χ3n) is 6.79. The molecule has 0 amide bonds. The van der Waals surface area contributed by atoms with Crippen LogP contribution in [-0.4, -0.2) is 50.2 Å². The van der Waals surface area contributed by atoms with E-state index in [0.29, 0.717) is 23.4 Å². The second kappa shape index (κ2) is 9.26. The van der Waals surface area contributed by atoms with Crippen LogP contribution < -0.4 is 5.43 Å². The number of aldehydes is 1. The first-order valence-electron chi connectivity index (χ1n) is 11.0. The summed E-state index contributed by atoms with van der Waals surface area (Å²) >= 11 is 1.12. The van der Waals surface area contributed by atoms with E-state index in [1.165, 1.54) is 0 Å². The zero-order valence-corrected chi connectivity index (χ0v) is 19.4. The molecule has 1 saturated carbocycles. The van der Waals surface area contributed by atoms with Gasteiger partial charge in [0.05, 0.1) is 5.56 Å². The van der Waals surface area contributed by atoms with Crippen LogP contribution in [0, 0.1) is 0 Å². The lowest BCUT2D eigenvalue weighted by Crippen LogP contribution is -2.54. The van der Waals surface area contributed by atoms with E-state index in [4.69, 9.17) is 0 Å². The minimum atomic E-state index is -0.698. The zero-order valence-electron chi connectivity index (χ0n) is 18.6. The summed E-state index contributed by atoms with van der Waals surface area (Å²) in [7, 11) is 2.03. The molecule has 2 heterocycles. The van der Waals surface area contributed by atoms with E-state index in [0.717, 1.165) is 43.2 Å². The first-order chi connectivity index (χ1) is 15.8. The molecule has 2 aliphatic rings. The van der Waals surface area contributed by atoms with Gasteiger partial charge in [-0.25, -0.2) is 8.78 Å². The molecule has 0 saturated heterocycles. The van der Waals surface area contributed by atoms with Crippen LogP contribution in [-0.2, 0) is 13.0 Å². The highest BCUT2D eigenvalue weighted by molar-refractivity contribution is 7.14. The van der Waals surface area contributed by atoms with E-state index < -0.39 is 22.8 Å². The van der Waals surface area contributed by atoms with E-state index in [2.05, 4.69) is 22.0 Å². The Kier molecular flexibility index (Phi) is 6.58. The number of halogens is 2. The summed E-state index contributed by atoms with van der Waals surface area (Å²) in [6.45, 7) is 3.35. The molecule has 33 heavy (non-hydrogen) atoms. The maximum Gasteiger partial charge on any atom is 0.234 e. The topological polar surface area (TPSA) is 88.3 Å². The highest BCUT2D eigenvalue weighted by Crippen LogP contribution is 2.39. The minimum absolute atomic E-state index is 0.0625. The molecule has 2 aromatic rings. The lowest BCUT2D eigenvalue weighted by Gasteiger charge is -2.49. The number of carbonyl (C=O) groups is 1. The third-order valence-corrected chi connectivity index (χ3v) is 7.75. The van der Waals surface area contributed by atoms with E-state index >= 15 is 0 Å². The average molecular weight is 477 g/mol. The summed E-state index contributed by atoms with van der Waals surface area (Å²) in [5.74, 6) is -1.70. The lowest BCUT2D eigenvalue weighted by molar-refractivity contribution is 0.0250. The van der Waals surface area contributed by atoms with Gasteiger partial charge in [-0.2, -0.15) is 0 Å². The van der Waals surface area contributed by atoms with Crippen LogP contribution in [0.25, 0.3) is 10.6 Å². The molecule has 4 rings (SSSR count). The molecule has 0 unspecified atom stereocenters. The van der Waals surface area contributed by atoms with E-state index in [1.54, 1.807) is 10.8 Å². The van der Waals surface area contributed by atoms with Gasteiger partial charge in [0.25, 0.3) is 0 Å². The summed E-state index contributed by atoms with van der Waals surface area (Å²) in [6.07, 6.45) is 6.50. The Labute approximate surface area is 194 Å². The van der Waals surface area contributed by atoms with Gasteiger partial charge in [0.15, 0.2) is 17.0 Å². The summed E-state index contributed by atoms with van der Waals surface area (Å²) in [4.78, 5) is 26.8. The van der Waals surface area contributed by atoms with Crippen molar-refractivity contribution in [2.45, 2.75) is 57.5 Å². The Morgan fingerprint density at radius 1 is 1.30 bits per heavy atom. The second-order valence-corrected chi connectivity index (χ2v) is 9.73. The summed E-state index contributed by atoms with van der Waals surface area (Å²) in [5.41, 5.74) is -0.335. The number of aromatic nitrogens is 3. The Morgan fingerprint density at radius 3 is 2.67 bits per heavy atom. The van der Waals surface area contributed by atoms with Crippen molar-refractivity contribution in [3.05, 3.63) is 50.4 Å². The van der Waals surface area contributed by atoms with Crippen LogP contribution in [0.2, 0.25) is 0 Å². The lowest BCUT2D eigenvalue weighted by atomic mass is 9.75. The van der Waals surface area contributed by atoms with Crippen molar-refractivity contribution in [2.75, 3.05) is 13.6 Å². The van der Waals surface area contributed by atoms with Crippen molar-refractivity contribution in [3.8, 4) is 16.3 Å². The fourth-order valence-electron chi connectivity index (χ4n) is 4.46. The largest absolute Gasteiger partial charge is 0.503 e. The smallest absolute Gasteiger partial charge is 0.234 e. The normalized spacial score (nSPS) is 17.8. The first kappa shape index (κ1) is 23.4. The van der Waals surface area contributed by atoms with E-state index in [9.17, 15) is 23.5 Å². The Hall–Kier alpha value is -2.72. The number of allylic oxidation sites excluding steroid dienone is 4. The third kappa shape index (κ3) is 4.41. The Bertz CT molecular complexity index is 1200. The first-order valence-corrected chi connectivity index (χ1v) is 11.8. The van der Waals surface area contributed by atoms with E-state index in [-0.39, 0.29) is 41.1 Å². The van der Waals surface area contributed by atoms with Gasteiger partial charge in [-0.15, -0.1) is 10.2 Å². The monoisotopic (exact) mass is 476 g/mol. The molecule has 0 radical (unpaired) electrons. The number of pyridine rings is 1. The van der Waals surface area contributed by atoms with Crippen LogP contribution >= 0.6 is 11.3 Å². The summed E-state index contributed by atoms with van der Waals surface area (Å²) in [6, 6.07) is 0. The molecule has 1 fully saturated rings. The molecule has 0 bridgehead atoms. The van der Waals surface area contributed by atoms with Crippen LogP contribution in [0.1, 0.15) is 54.5 Å². The fraction of sp³-hybridized carbons (Fsp3) is 0.478. The van der Waals surface area contributed by atoms with Gasteiger partial charge in [-0.1, -0.05) is 18.3 Å². The molecule has 0 aromatic carbocycles. The van der Waals surface area contributed by atoms with Gasteiger partial charge < -0.3 is 9.67 Å². The van der Waals surface area contributed by atoms with Gasteiger partial charge in [0.2, 0.25) is 5.43 Å². The summed E-state index contributed by atoms with van der Waals surface area (Å²) in [5, 5.41) is 19.4. The van der Waals surface area contributed by atoms with Crippen molar-refractivity contribution in [2.24, 2.45) is 0 Å². The van der Waals surface area contributed by atoms with Gasteiger partial charge >= 0.3 is 0 Å². The average Bonchev–Trinajstić information content (AvgIpc) is 3.23. The van der Waals surface area contributed by atoms with Crippen molar-refractivity contribution in [1.82, 2.24) is 19.7 Å². The number of aromatic hydroxyl groups is 1. The quantitative estimate of drug-likeness (QED) is 0.576. The summed E-state index contributed by atoms with van der Waals surface area (Å²) < 4.78 is 28.9. The fourth-order valence-corrected chi connectivity index (χ4v) is 5.35. The van der Waals surface area contributed by atoms with Gasteiger partial charge in [0.1, 0.15) is 22.4 Å². The van der Waals surface area contributed by atoms with Crippen LogP contribution in [0.5, 0.6) is 5.75 Å². The maximum atomic E-state index is 14.1. The number of carbonyl (C=O) groups excluding carboxylic acids is 1. The number of hydrogen-bond donors (Lipinski definition) is 1. The van der Waals surface area contributed by atoms with Gasteiger partial charge in [-0.3, -0.25) is 14.5 Å². The highest BCUT2D eigenvalue weighted by atomic mass is 32.1. The molecule has 1 N–H and O–H groups in total. The Balaban J connectivity index is 1.68. The molecule has 0 atom stereocenters. The minimum Gasteiger partial charge on any atom is -0.503 e. The molecule has 2 aliphatic carbocycles. The van der Waals surface area contributed by atoms with Gasteiger partial charge in [-0.05, 0) is 44.8 Å². The highest BCUT2D eigenvalue weighted by Gasteiger charge is 2.41. The van der Waals surface area contributed by atoms with Crippen LogP contribution in [0.3, 0.4) is 0 Å². The predicted octanol–water partition coefficient (Wildman–Crippen LogP) is 4.17. The standard InChI is InChI=1S/C23H26F2N4O3S/c1-3-28(2)23(7-4-8-23)13-29-11-16(20(31)21(32)18(29)12-30)22-27-26-19(33-22)9-14-5-6-15(24)10-17(14)25/h10-12,32H,3-9,13H2,1-2H3. The number of likely N-dealkylation sites (N-methyl/N-ethyl adjacent to an activating group) is 1. The predicted molar refractivity (Wildman–Crippen MR) is 122 cm³/mol. The SMILES string of the molecule is CCN(C)C1(Cn2cc(-c3nnc(CC4=C(F)C=C(F)CC4)s3)c(=O)c(O)c2C=O)CCC1. The molecule has 176 valence electrons. The molecular weight excluding hydrogens is 450 g/mol. The van der Waals surface area contributed by atoms with Crippen molar-refractivity contribution in [1.29, 1.82) is 0 Å². The van der Waals surface area contributed by atoms with Crippen LogP contribution in [0.15, 0.2) is 34.3 Å². The zero-order chi connectivity index (χ0) is 23.8. The number of hydrogen-bond acceptors (Lipinski definition) is 7. The van der Waals surface area contributed by atoms with Crippen molar-refractivity contribution < 1.29 is 18.7 Å².